The van der Waals surface area contributed by atoms with Crippen LogP contribution < -0.4 is 5.32 Å². The van der Waals surface area contributed by atoms with Gasteiger partial charge in [0, 0.05) is 45.2 Å². The molecule has 0 aromatic heterocycles. The molecule has 26 heavy (non-hydrogen) atoms. The molecule has 0 bridgehead atoms. The van der Waals surface area contributed by atoms with Crippen LogP contribution >= 0.6 is 11.8 Å². The van der Waals surface area contributed by atoms with E-state index < -0.39 is 10.2 Å². The minimum Gasteiger partial charge on any atom is -0.355 e. The highest BCUT2D eigenvalue weighted by Crippen LogP contribution is 2.20. The van der Waals surface area contributed by atoms with Gasteiger partial charge in [0.2, 0.25) is 5.91 Å². The highest BCUT2D eigenvalue weighted by atomic mass is 32.2. The predicted molar refractivity (Wildman–Crippen MR) is 107 cm³/mol. The van der Waals surface area contributed by atoms with Gasteiger partial charge in [-0.05, 0) is 30.9 Å². The van der Waals surface area contributed by atoms with Crippen LogP contribution in [0, 0.1) is 12.8 Å². The number of piperidine rings is 1. The number of nitrogens with one attached hydrogen (secondary N) is 1. The molecule has 1 N–H and O–H groups in total. The quantitative estimate of drug-likeness (QED) is 0.678. The highest BCUT2D eigenvalue weighted by Gasteiger charge is 2.33. The summed E-state index contributed by atoms with van der Waals surface area (Å²) in [5.41, 5.74) is 2.61. The number of amides is 1. The fourth-order valence-corrected chi connectivity index (χ4v) is 5.07. The summed E-state index contributed by atoms with van der Waals surface area (Å²) in [4.78, 5) is 12.4. The maximum atomic E-state index is 12.4. The molecule has 0 radical (unpaired) electrons. The third kappa shape index (κ3) is 5.70. The van der Waals surface area contributed by atoms with E-state index in [1.54, 1.807) is 11.8 Å². The van der Waals surface area contributed by atoms with E-state index in [0.717, 1.165) is 17.9 Å². The molecule has 1 saturated heterocycles. The lowest BCUT2D eigenvalue weighted by Gasteiger charge is -2.32. The minimum atomic E-state index is -3.45. The number of carbonyl (C=O) groups excluding carboxylic acids is 1. The predicted octanol–water partition coefficient (Wildman–Crippen LogP) is 1.86. The van der Waals surface area contributed by atoms with E-state index in [4.69, 9.17) is 0 Å². The smallest absolute Gasteiger partial charge is 0.281 e. The zero-order chi connectivity index (χ0) is 19.2. The zero-order valence-electron chi connectivity index (χ0n) is 15.8. The maximum Gasteiger partial charge on any atom is 0.281 e. The molecular weight excluding hydrogens is 370 g/mol. The average Bonchev–Trinajstić information content (AvgIpc) is 2.62. The number of aryl methyl sites for hydroxylation is 1. The lowest BCUT2D eigenvalue weighted by Crippen LogP contribution is -2.49. The van der Waals surface area contributed by atoms with Crippen molar-refractivity contribution in [3.63, 3.8) is 0 Å². The van der Waals surface area contributed by atoms with Crippen LogP contribution in [-0.2, 0) is 20.8 Å². The lowest BCUT2D eigenvalue weighted by molar-refractivity contribution is -0.125. The van der Waals surface area contributed by atoms with Gasteiger partial charge < -0.3 is 5.32 Å². The molecule has 1 aliphatic heterocycles. The van der Waals surface area contributed by atoms with Gasteiger partial charge in [-0.15, -0.1) is 0 Å². The summed E-state index contributed by atoms with van der Waals surface area (Å²) in [6.45, 7) is 3.46. The number of benzene rings is 1. The second-order valence-corrected chi connectivity index (χ2v) is 10.0. The third-order valence-corrected chi connectivity index (χ3v) is 7.52. The van der Waals surface area contributed by atoms with Crippen LogP contribution in [0.4, 0.5) is 0 Å². The van der Waals surface area contributed by atoms with E-state index in [1.807, 2.05) is 12.1 Å². The van der Waals surface area contributed by atoms with E-state index in [9.17, 15) is 13.2 Å². The molecule has 1 aromatic carbocycles. The largest absolute Gasteiger partial charge is 0.355 e. The molecule has 6 nitrogen and oxygen atoms in total. The van der Waals surface area contributed by atoms with Gasteiger partial charge in [0.1, 0.15) is 0 Å². The first-order valence-electron chi connectivity index (χ1n) is 8.90. The van der Waals surface area contributed by atoms with Gasteiger partial charge in [-0.25, -0.2) is 0 Å². The summed E-state index contributed by atoms with van der Waals surface area (Å²) in [5, 5.41) is 2.96. The normalized spacial score (nSPS) is 18.8. The number of thioether (sulfide) groups is 1. The SMILES string of the molecule is Cc1ccccc1CSCCNC(=O)[C@@H]1CCCN(S(=O)(=O)N(C)C)C1. The molecule has 0 spiro atoms. The molecule has 1 fully saturated rings. The van der Waals surface area contributed by atoms with Crippen molar-refractivity contribution in [2.75, 3.05) is 39.5 Å². The van der Waals surface area contributed by atoms with Gasteiger partial charge >= 0.3 is 0 Å². The lowest BCUT2D eigenvalue weighted by atomic mass is 9.99. The summed E-state index contributed by atoms with van der Waals surface area (Å²) in [7, 11) is -0.411. The Kier molecular flexibility index (Phi) is 7.94. The highest BCUT2D eigenvalue weighted by molar-refractivity contribution is 7.98. The summed E-state index contributed by atoms with van der Waals surface area (Å²) in [6, 6.07) is 8.31. The molecular formula is C18H29N3O3S2. The Bertz CT molecular complexity index is 707. The molecule has 0 aliphatic carbocycles. The monoisotopic (exact) mass is 399 g/mol. The van der Waals surface area contributed by atoms with Crippen LogP contribution in [-0.4, -0.2) is 62.4 Å². The van der Waals surface area contributed by atoms with Crippen LogP contribution in [0.1, 0.15) is 24.0 Å². The first-order valence-corrected chi connectivity index (χ1v) is 11.4. The second kappa shape index (κ2) is 9.73. The molecule has 0 unspecified atom stereocenters. The summed E-state index contributed by atoms with van der Waals surface area (Å²) in [6.07, 6.45) is 1.45. The molecule has 2 rings (SSSR count). The van der Waals surface area contributed by atoms with Crippen LogP contribution in [0.5, 0.6) is 0 Å². The summed E-state index contributed by atoms with van der Waals surface area (Å²) in [5.74, 6) is 1.47. The van der Waals surface area contributed by atoms with Crippen molar-refractivity contribution < 1.29 is 13.2 Å². The molecule has 1 heterocycles. The molecule has 146 valence electrons. The van der Waals surface area contributed by atoms with Crippen LogP contribution in [0.15, 0.2) is 24.3 Å². The van der Waals surface area contributed by atoms with Gasteiger partial charge in [-0.3, -0.25) is 4.79 Å². The topological polar surface area (TPSA) is 69.7 Å². The molecule has 1 amide bonds. The fourth-order valence-electron chi connectivity index (χ4n) is 2.94. The van der Waals surface area contributed by atoms with E-state index in [1.165, 1.54) is 33.8 Å². The van der Waals surface area contributed by atoms with Crippen molar-refractivity contribution in [2.24, 2.45) is 5.92 Å². The van der Waals surface area contributed by atoms with Crippen molar-refractivity contribution in [2.45, 2.75) is 25.5 Å². The number of hydrogen-bond donors (Lipinski definition) is 1. The molecule has 1 aromatic rings. The van der Waals surface area contributed by atoms with Crippen LogP contribution in [0.25, 0.3) is 0 Å². The Morgan fingerprint density at radius 3 is 2.77 bits per heavy atom. The first-order chi connectivity index (χ1) is 12.3. The van der Waals surface area contributed by atoms with E-state index in [2.05, 4.69) is 24.4 Å². The van der Waals surface area contributed by atoms with Crippen molar-refractivity contribution in [3.05, 3.63) is 35.4 Å². The Morgan fingerprint density at radius 1 is 1.35 bits per heavy atom. The van der Waals surface area contributed by atoms with Crippen molar-refractivity contribution in [3.8, 4) is 0 Å². The van der Waals surface area contributed by atoms with Crippen molar-refractivity contribution in [1.29, 1.82) is 0 Å². The van der Waals surface area contributed by atoms with E-state index in [-0.39, 0.29) is 18.4 Å². The third-order valence-electron chi connectivity index (χ3n) is 4.61. The van der Waals surface area contributed by atoms with Crippen molar-refractivity contribution in [1.82, 2.24) is 13.9 Å². The number of nitrogens with zero attached hydrogens (tertiary/aromatic N) is 2. The van der Waals surface area contributed by atoms with E-state index in [0.29, 0.717) is 19.5 Å². The number of rotatable bonds is 8. The molecule has 8 heteroatoms. The maximum absolute atomic E-state index is 12.4. The second-order valence-electron chi connectivity index (χ2n) is 6.76. The average molecular weight is 400 g/mol. The Hall–Kier alpha value is -1.09. The standard InChI is InChI=1S/C18H29N3O3S2/c1-15-7-4-5-8-17(15)14-25-12-10-19-18(22)16-9-6-11-21(13-16)26(23,24)20(2)3/h4-5,7-8,16H,6,9-14H2,1-3H3,(H,19,22)/t16-/m1/s1. The fraction of sp³-hybridized carbons (Fsp3) is 0.611. The molecule has 1 atom stereocenters. The number of carbonyl (C=O) groups is 1. The summed E-state index contributed by atoms with van der Waals surface area (Å²) < 4.78 is 27.1. The minimum absolute atomic E-state index is 0.0415. The molecule has 0 saturated carbocycles. The van der Waals surface area contributed by atoms with Gasteiger partial charge in [0.15, 0.2) is 0 Å². The summed E-state index contributed by atoms with van der Waals surface area (Å²) >= 11 is 1.79. The Balaban J connectivity index is 1.73. The number of hydrogen-bond acceptors (Lipinski definition) is 4. The Morgan fingerprint density at radius 2 is 2.08 bits per heavy atom. The van der Waals surface area contributed by atoms with E-state index >= 15 is 0 Å². The van der Waals surface area contributed by atoms with Gasteiger partial charge in [0.05, 0.1) is 5.92 Å². The van der Waals surface area contributed by atoms with Gasteiger partial charge in [-0.2, -0.15) is 28.8 Å². The van der Waals surface area contributed by atoms with Gasteiger partial charge in [-0.1, -0.05) is 24.3 Å². The van der Waals surface area contributed by atoms with Gasteiger partial charge in [0.25, 0.3) is 10.2 Å². The van der Waals surface area contributed by atoms with Crippen molar-refractivity contribution >= 4 is 27.9 Å². The van der Waals surface area contributed by atoms with Crippen LogP contribution in [0.3, 0.4) is 0 Å². The first kappa shape index (κ1) is 21.2. The molecule has 1 aliphatic rings. The Labute approximate surface area is 161 Å². The zero-order valence-corrected chi connectivity index (χ0v) is 17.4. The van der Waals surface area contributed by atoms with Crippen LogP contribution in [0.2, 0.25) is 0 Å².